The summed E-state index contributed by atoms with van der Waals surface area (Å²) in [5.74, 6) is 1.45. The van der Waals surface area contributed by atoms with Crippen molar-refractivity contribution < 1.29 is 4.79 Å². The molecule has 0 saturated carbocycles. The number of anilines is 1. The van der Waals surface area contributed by atoms with Crippen LogP contribution in [0.2, 0.25) is 0 Å². The van der Waals surface area contributed by atoms with E-state index >= 15 is 0 Å². The maximum atomic E-state index is 12.9. The van der Waals surface area contributed by atoms with Crippen molar-refractivity contribution in [2.24, 2.45) is 0 Å². The van der Waals surface area contributed by atoms with Crippen LogP contribution in [0.1, 0.15) is 28.8 Å². The molecule has 1 aromatic carbocycles. The van der Waals surface area contributed by atoms with Crippen LogP contribution in [-0.4, -0.2) is 43.0 Å². The fourth-order valence-electron chi connectivity index (χ4n) is 3.31. The molecule has 7 heteroatoms. The van der Waals surface area contributed by atoms with Crippen LogP contribution in [-0.2, 0) is 11.3 Å². The molecule has 26 heavy (non-hydrogen) atoms. The maximum Gasteiger partial charge on any atom is 0.254 e. The van der Waals surface area contributed by atoms with E-state index < -0.39 is 0 Å². The Balaban J connectivity index is 1.53. The van der Waals surface area contributed by atoms with Gasteiger partial charge in [-0.25, -0.2) is 4.98 Å². The quantitative estimate of drug-likeness (QED) is 0.781. The van der Waals surface area contributed by atoms with E-state index in [1.807, 2.05) is 18.7 Å². The van der Waals surface area contributed by atoms with Crippen LogP contribution < -0.4 is 5.32 Å². The van der Waals surface area contributed by atoms with Gasteiger partial charge in [0.15, 0.2) is 0 Å². The third-order valence-electron chi connectivity index (χ3n) is 5.01. The Labute approximate surface area is 152 Å². The molecule has 1 unspecified atom stereocenters. The molecule has 1 aliphatic rings. The number of nitrogens with zero attached hydrogens (tertiary/aromatic N) is 5. The minimum absolute atomic E-state index is 0.118. The number of amides is 1. The average molecular weight is 350 g/mol. The summed E-state index contributed by atoms with van der Waals surface area (Å²) in [7, 11) is 0. The van der Waals surface area contributed by atoms with Gasteiger partial charge >= 0.3 is 0 Å². The molecule has 0 aliphatic carbocycles. The minimum atomic E-state index is -0.256. The molecule has 1 aliphatic heterocycles. The van der Waals surface area contributed by atoms with E-state index in [-0.39, 0.29) is 11.9 Å². The SMILES string of the molecule is Cc1ccc(CN2CCC(Nc3c(C)c(C)nc4ncnn34)C2=O)cc1. The molecule has 7 nitrogen and oxygen atoms in total. The van der Waals surface area contributed by atoms with Gasteiger partial charge in [0.2, 0.25) is 5.91 Å². The standard InChI is InChI=1S/C19H22N6O/c1-12-4-6-15(7-5-12)10-24-9-8-16(18(24)26)23-17-13(2)14(3)22-19-20-11-21-25(17)19/h4-7,11,16,23H,8-10H2,1-3H3. The fourth-order valence-corrected chi connectivity index (χ4v) is 3.31. The Morgan fingerprint density at radius 3 is 2.73 bits per heavy atom. The van der Waals surface area contributed by atoms with Gasteiger partial charge in [0.05, 0.1) is 0 Å². The molecule has 2 aromatic heterocycles. The Bertz CT molecular complexity index is 962. The topological polar surface area (TPSA) is 75.4 Å². The lowest BCUT2D eigenvalue weighted by molar-refractivity contribution is -0.128. The minimum Gasteiger partial charge on any atom is -0.358 e. The summed E-state index contributed by atoms with van der Waals surface area (Å²) in [6.07, 6.45) is 2.24. The number of rotatable bonds is 4. The summed E-state index contributed by atoms with van der Waals surface area (Å²) in [5.41, 5.74) is 4.24. The molecule has 0 bridgehead atoms. The van der Waals surface area contributed by atoms with Gasteiger partial charge in [-0.2, -0.15) is 14.6 Å². The Hall–Kier alpha value is -2.96. The average Bonchev–Trinajstić information content (AvgIpc) is 3.22. The fraction of sp³-hybridized carbons (Fsp3) is 0.368. The van der Waals surface area contributed by atoms with Gasteiger partial charge < -0.3 is 10.2 Å². The lowest BCUT2D eigenvalue weighted by Crippen LogP contribution is -2.34. The van der Waals surface area contributed by atoms with Crippen molar-refractivity contribution >= 4 is 17.5 Å². The molecule has 1 N–H and O–H groups in total. The van der Waals surface area contributed by atoms with Gasteiger partial charge in [0.25, 0.3) is 5.78 Å². The molecule has 0 radical (unpaired) electrons. The number of benzene rings is 1. The zero-order valence-corrected chi connectivity index (χ0v) is 15.2. The highest BCUT2D eigenvalue weighted by molar-refractivity contribution is 5.86. The van der Waals surface area contributed by atoms with E-state index in [4.69, 9.17) is 0 Å². The molecule has 1 amide bonds. The predicted octanol–water partition coefficient (Wildman–Crippen LogP) is 2.26. The number of aromatic nitrogens is 4. The van der Waals surface area contributed by atoms with Crippen LogP contribution in [0, 0.1) is 20.8 Å². The van der Waals surface area contributed by atoms with E-state index in [1.54, 1.807) is 4.52 Å². The molecule has 1 atom stereocenters. The third-order valence-corrected chi connectivity index (χ3v) is 5.01. The van der Waals surface area contributed by atoms with Gasteiger partial charge in [0, 0.05) is 24.3 Å². The number of hydrogen-bond acceptors (Lipinski definition) is 5. The Morgan fingerprint density at radius 1 is 1.19 bits per heavy atom. The van der Waals surface area contributed by atoms with Crippen LogP contribution in [0.15, 0.2) is 30.6 Å². The van der Waals surface area contributed by atoms with Crippen LogP contribution in [0.5, 0.6) is 0 Å². The van der Waals surface area contributed by atoms with Crippen LogP contribution >= 0.6 is 0 Å². The summed E-state index contributed by atoms with van der Waals surface area (Å²) >= 11 is 0. The molecule has 1 fully saturated rings. The highest BCUT2D eigenvalue weighted by Gasteiger charge is 2.32. The van der Waals surface area contributed by atoms with Crippen molar-refractivity contribution in [1.82, 2.24) is 24.5 Å². The predicted molar refractivity (Wildman–Crippen MR) is 98.9 cm³/mol. The zero-order chi connectivity index (χ0) is 18.3. The lowest BCUT2D eigenvalue weighted by Gasteiger charge is -2.19. The zero-order valence-electron chi connectivity index (χ0n) is 15.2. The smallest absolute Gasteiger partial charge is 0.254 e. The first-order chi connectivity index (χ1) is 12.5. The van der Waals surface area contributed by atoms with E-state index in [0.717, 1.165) is 35.6 Å². The highest BCUT2D eigenvalue weighted by Crippen LogP contribution is 2.23. The number of carbonyl (C=O) groups is 1. The van der Waals surface area contributed by atoms with Crippen molar-refractivity contribution in [3.8, 4) is 0 Å². The lowest BCUT2D eigenvalue weighted by atomic mass is 10.1. The van der Waals surface area contributed by atoms with Crippen molar-refractivity contribution in [2.75, 3.05) is 11.9 Å². The first-order valence-corrected chi connectivity index (χ1v) is 8.81. The van der Waals surface area contributed by atoms with Crippen molar-refractivity contribution in [2.45, 2.75) is 39.8 Å². The van der Waals surface area contributed by atoms with Gasteiger partial charge in [0.1, 0.15) is 18.2 Å². The van der Waals surface area contributed by atoms with Gasteiger partial charge in [-0.3, -0.25) is 4.79 Å². The van der Waals surface area contributed by atoms with Crippen molar-refractivity contribution in [3.05, 3.63) is 53.0 Å². The van der Waals surface area contributed by atoms with E-state index in [1.165, 1.54) is 11.9 Å². The van der Waals surface area contributed by atoms with Gasteiger partial charge in [-0.05, 0) is 32.8 Å². The van der Waals surface area contributed by atoms with E-state index in [9.17, 15) is 4.79 Å². The molecular formula is C19H22N6O. The van der Waals surface area contributed by atoms with E-state index in [0.29, 0.717) is 12.3 Å². The van der Waals surface area contributed by atoms with Crippen LogP contribution in [0.25, 0.3) is 5.78 Å². The summed E-state index contributed by atoms with van der Waals surface area (Å²) in [6, 6.07) is 8.07. The molecule has 3 heterocycles. The molecular weight excluding hydrogens is 328 g/mol. The number of aryl methyl sites for hydroxylation is 2. The monoisotopic (exact) mass is 350 g/mol. The molecule has 3 aromatic rings. The van der Waals surface area contributed by atoms with Crippen LogP contribution in [0.3, 0.4) is 0 Å². The van der Waals surface area contributed by atoms with Crippen molar-refractivity contribution in [1.29, 1.82) is 0 Å². The van der Waals surface area contributed by atoms with E-state index in [2.05, 4.69) is 51.6 Å². The van der Waals surface area contributed by atoms with Gasteiger partial charge in [-0.15, -0.1) is 0 Å². The number of fused-ring (bicyclic) bond motifs is 1. The first-order valence-electron chi connectivity index (χ1n) is 8.81. The number of hydrogen-bond donors (Lipinski definition) is 1. The third kappa shape index (κ3) is 2.89. The Morgan fingerprint density at radius 2 is 1.96 bits per heavy atom. The number of likely N-dealkylation sites (tertiary alicyclic amines) is 1. The van der Waals surface area contributed by atoms with Crippen LogP contribution in [0.4, 0.5) is 5.82 Å². The highest BCUT2D eigenvalue weighted by atomic mass is 16.2. The Kier molecular flexibility index (Phi) is 4.06. The normalized spacial score (nSPS) is 17.3. The second kappa shape index (κ2) is 6.40. The summed E-state index contributed by atoms with van der Waals surface area (Å²) in [6.45, 7) is 7.37. The molecule has 134 valence electrons. The number of carbonyl (C=O) groups excluding carboxylic acids is 1. The second-order valence-corrected chi connectivity index (χ2v) is 6.87. The summed E-state index contributed by atoms with van der Waals surface area (Å²) in [5, 5.41) is 7.62. The maximum absolute atomic E-state index is 12.9. The second-order valence-electron chi connectivity index (χ2n) is 6.87. The number of nitrogens with one attached hydrogen (secondary N) is 1. The molecule has 1 saturated heterocycles. The first kappa shape index (κ1) is 16.5. The molecule has 4 rings (SSSR count). The van der Waals surface area contributed by atoms with Gasteiger partial charge in [-0.1, -0.05) is 29.8 Å². The summed E-state index contributed by atoms with van der Waals surface area (Å²) in [4.78, 5) is 23.3. The largest absolute Gasteiger partial charge is 0.358 e. The summed E-state index contributed by atoms with van der Waals surface area (Å²) < 4.78 is 1.66. The van der Waals surface area contributed by atoms with Crippen molar-refractivity contribution in [3.63, 3.8) is 0 Å². The molecule has 0 spiro atoms.